The maximum absolute atomic E-state index is 11.2. The van der Waals surface area contributed by atoms with Crippen molar-refractivity contribution in [1.82, 2.24) is 4.98 Å². The third kappa shape index (κ3) is 3.54. The molecule has 0 aliphatic rings. The molecule has 0 bridgehead atoms. The lowest BCUT2D eigenvalue weighted by Crippen LogP contribution is -2.02. The fraction of sp³-hybridized carbons (Fsp3) is 0.125. The summed E-state index contributed by atoms with van der Waals surface area (Å²) < 4.78 is 5.76. The van der Waals surface area contributed by atoms with Gasteiger partial charge in [-0.05, 0) is 42.8 Å². The lowest BCUT2D eigenvalue weighted by atomic mass is 10.1. The van der Waals surface area contributed by atoms with Gasteiger partial charge in [0.15, 0.2) is 0 Å². The van der Waals surface area contributed by atoms with E-state index in [9.17, 15) is 4.79 Å². The summed E-state index contributed by atoms with van der Waals surface area (Å²) in [6.07, 6.45) is 3.36. The van der Waals surface area contributed by atoms with Gasteiger partial charge in [-0.25, -0.2) is 9.78 Å². The monoisotopic (exact) mass is 299 g/mol. The largest absolute Gasteiger partial charge is 0.478 e. The number of anilines is 2. The van der Waals surface area contributed by atoms with Crippen molar-refractivity contribution in [1.29, 1.82) is 0 Å². The molecule has 1 aromatic heterocycles. The van der Waals surface area contributed by atoms with E-state index < -0.39 is 5.97 Å². The van der Waals surface area contributed by atoms with Crippen molar-refractivity contribution in [3.8, 4) is 11.5 Å². The van der Waals surface area contributed by atoms with E-state index in [0.29, 0.717) is 29.2 Å². The highest BCUT2D eigenvalue weighted by atomic mass is 16.5. The lowest BCUT2D eigenvalue weighted by molar-refractivity contribution is -0.132. The van der Waals surface area contributed by atoms with Crippen LogP contribution in [0.25, 0.3) is 6.08 Å². The zero-order valence-corrected chi connectivity index (χ0v) is 12.1. The highest BCUT2D eigenvalue weighted by Crippen LogP contribution is 2.30. The predicted octanol–water partition coefficient (Wildman–Crippen LogP) is 2.92. The van der Waals surface area contributed by atoms with Crippen LogP contribution in [-0.2, 0) is 4.79 Å². The second-order valence-corrected chi connectivity index (χ2v) is 4.61. The van der Waals surface area contributed by atoms with E-state index in [4.69, 9.17) is 21.3 Å². The van der Waals surface area contributed by atoms with E-state index in [-0.39, 0.29) is 11.4 Å². The number of hydrogen-bond acceptors (Lipinski definition) is 5. The van der Waals surface area contributed by atoms with Gasteiger partial charge < -0.3 is 21.3 Å². The molecule has 22 heavy (non-hydrogen) atoms. The fourth-order valence-electron chi connectivity index (χ4n) is 1.86. The molecule has 0 saturated carbocycles. The Morgan fingerprint density at radius 2 is 1.95 bits per heavy atom. The van der Waals surface area contributed by atoms with E-state index in [1.807, 2.05) is 0 Å². The van der Waals surface area contributed by atoms with Gasteiger partial charge in [0.05, 0.1) is 5.56 Å². The van der Waals surface area contributed by atoms with Gasteiger partial charge in [-0.15, -0.1) is 0 Å². The van der Waals surface area contributed by atoms with Crippen molar-refractivity contribution in [3.63, 3.8) is 0 Å². The first-order chi connectivity index (χ1) is 10.5. The topological polar surface area (TPSA) is 111 Å². The molecular formula is C16H17N3O3. The van der Waals surface area contributed by atoms with E-state index in [2.05, 4.69) is 4.98 Å². The van der Waals surface area contributed by atoms with Gasteiger partial charge >= 0.3 is 5.97 Å². The predicted molar refractivity (Wildman–Crippen MR) is 85.5 cm³/mol. The van der Waals surface area contributed by atoms with Gasteiger partial charge in [0.25, 0.3) is 0 Å². The maximum Gasteiger partial charge on any atom is 0.331 e. The first-order valence-corrected chi connectivity index (χ1v) is 6.73. The van der Waals surface area contributed by atoms with Crippen LogP contribution in [0.1, 0.15) is 18.9 Å². The van der Waals surface area contributed by atoms with E-state index in [1.54, 1.807) is 37.3 Å². The van der Waals surface area contributed by atoms with Crippen molar-refractivity contribution in [2.45, 2.75) is 13.3 Å². The minimum absolute atomic E-state index is 0.208. The third-order valence-corrected chi connectivity index (χ3v) is 3.06. The van der Waals surface area contributed by atoms with Crippen LogP contribution in [-0.4, -0.2) is 16.1 Å². The van der Waals surface area contributed by atoms with Gasteiger partial charge in [-0.2, -0.15) is 0 Å². The molecule has 2 aromatic rings. The fourth-order valence-corrected chi connectivity index (χ4v) is 1.86. The minimum Gasteiger partial charge on any atom is -0.478 e. The van der Waals surface area contributed by atoms with Gasteiger partial charge in [-0.1, -0.05) is 6.92 Å². The number of rotatable bonds is 5. The number of nitrogens with zero attached hydrogens (tertiary/aromatic N) is 1. The second kappa shape index (κ2) is 6.62. The van der Waals surface area contributed by atoms with Gasteiger partial charge in [-0.3, -0.25) is 0 Å². The van der Waals surface area contributed by atoms with E-state index in [0.717, 1.165) is 0 Å². The van der Waals surface area contributed by atoms with E-state index >= 15 is 0 Å². The van der Waals surface area contributed by atoms with Crippen molar-refractivity contribution in [3.05, 3.63) is 47.7 Å². The average molecular weight is 299 g/mol. The van der Waals surface area contributed by atoms with Gasteiger partial charge in [0.1, 0.15) is 17.3 Å². The van der Waals surface area contributed by atoms with Crippen LogP contribution in [0.5, 0.6) is 11.5 Å². The number of aromatic nitrogens is 1. The van der Waals surface area contributed by atoms with Crippen LogP contribution in [0.15, 0.2) is 42.1 Å². The van der Waals surface area contributed by atoms with Gasteiger partial charge in [0.2, 0.25) is 0 Å². The molecule has 5 N–H and O–H groups in total. The molecule has 1 aromatic carbocycles. The van der Waals surface area contributed by atoms with Crippen LogP contribution in [0.2, 0.25) is 0 Å². The highest BCUT2D eigenvalue weighted by Gasteiger charge is 2.12. The Bertz CT molecular complexity index is 709. The summed E-state index contributed by atoms with van der Waals surface area (Å²) in [5.41, 5.74) is 12.8. The van der Waals surface area contributed by atoms with Crippen LogP contribution >= 0.6 is 0 Å². The number of ether oxygens (including phenoxy) is 1. The maximum atomic E-state index is 11.2. The van der Waals surface area contributed by atoms with Crippen LogP contribution in [0.3, 0.4) is 0 Å². The molecule has 2 rings (SSSR count). The van der Waals surface area contributed by atoms with Crippen molar-refractivity contribution in [2.75, 3.05) is 11.5 Å². The molecule has 0 amide bonds. The zero-order valence-electron chi connectivity index (χ0n) is 12.1. The summed E-state index contributed by atoms with van der Waals surface area (Å²) >= 11 is 0. The molecule has 0 atom stereocenters. The molecule has 0 unspecified atom stereocenters. The van der Waals surface area contributed by atoms with Crippen LogP contribution < -0.4 is 16.2 Å². The lowest BCUT2D eigenvalue weighted by Gasteiger charge is -2.11. The first kappa shape index (κ1) is 15.4. The molecule has 0 spiro atoms. The molecule has 1 heterocycles. The summed E-state index contributed by atoms with van der Waals surface area (Å²) in [4.78, 5) is 15.2. The van der Waals surface area contributed by atoms with Crippen LogP contribution in [0, 0.1) is 0 Å². The number of hydrogen-bond donors (Lipinski definition) is 3. The Kier molecular flexibility index (Phi) is 4.63. The Hall–Kier alpha value is -3.02. The number of pyridine rings is 1. The van der Waals surface area contributed by atoms with Crippen molar-refractivity contribution < 1.29 is 14.6 Å². The zero-order chi connectivity index (χ0) is 16.1. The summed E-state index contributed by atoms with van der Waals surface area (Å²) in [7, 11) is 0. The molecule has 0 saturated heterocycles. The molecule has 6 nitrogen and oxygen atoms in total. The molecular weight excluding hydrogens is 282 g/mol. The summed E-state index contributed by atoms with van der Waals surface area (Å²) in [6, 6.07) is 8.50. The Labute approximate surface area is 128 Å². The Morgan fingerprint density at radius 3 is 2.55 bits per heavy atom. The molecule has 0 aliphatic carbocycles. The number of nitrogen functional groups attached to an aromatic ring is 2. The minimum atomic E-state index is -0.996. The number of carboxylic acid groups (broad SMARTS) is 1. The standard InChI is InChI=1S/C16H17N3O3/c1-2-10(16(20)21)9-13-14(7-8-19-15(13)18)22-12-5-3-11(17)4-6-12/h3-9H,2,17H2,1H3,(H2,18,19)(H,20,21). The SMILES string of the molecule is CCC(=Cc1c(Oc2ccc(N)cc2)ccnc1N)C(=O)O. The van der Waals surface area contributed by atoms with Crippen molar-refractivity contribution in [2.24, 2.45) is 0 Å². The van der Waals surface area contributed by atoms with Crippen LogP contribution in [0.4, 0.5) is 11.5 Å². The molecule has 0 fully saturated rings. The smallest absolute Gasteiger partial charge is 0.331 e. The normalized spacial score (nSPS) is 11.2. The molecule has 0 aliphatic heterocycles. The Morgan fingerprint density at radius 1 is 1.27 bits per heavy atom. The van der Waals surface area contributed by atoms with Gasteiger partial charge in [0, 0.05) is 17.5 Å². The van der Waals surface area contributed by atoms with Crippen molar-refractivity contribution >= 4 is 23.6 Å². The number of aliphatic carboxylic acids is 1. The molecule has 6 heteroatoms. The van der Waals surface area contributed by atoms with E-state index in [1.165, 1.54) is 12.3 Å². The number of carbonyl (C=O) groups is 1. The first-order valence-electron chi connectivity index (χ1n) is 6.73. The number of nitrogens with two attached hydrogens (primary N) is 2. The summed E-state index contributed by atoms with van der Waals surface area (Å²) in [5, 5.41) is 9.15. The summed E-state index contributed by atoms with van der Waals surface area (Å²) in [5.74, 6) is 0.219. The number of carboxylic acids is 1. The average Bonchev–Trinajstić information content (AvgIpc) is 2.49. The molecule has 0 radical (unpaired) electrons. The summed E-state index contributed by atoms with van der Waals surface area (Å²) in [6.45, 7) is 1.76. The highest BCUT2D eigenvalue weighted by molar-refractivity contribution is 5.93. The second-order valence-electron chi connectivity index (χ2n) is 4.61. The molecule has 114 valence electrons. The number of benzene rings is 1. The Balaban J connectivity index is 2.42. The third-order valence-electron chi connectivity index (χ3n) is 3.06. The quantitative estimate of drug-likeness (QED) is 0.578.